The molecule has 3 nitrogen and oxygen atoms in total. The first kappa shape index (κ1) is 12.1. The molecule has 0 bridgehead atoms. The number of allylic oxidation sites excluding steroid dienone is 1. The van der Waals surface area contributed by atoms with E-state index >= 15 is 0 Å². The maximum Gasteiger partial charge on any atom is 0.410 e. The first-order valence-corrected chi connectivity index (χ1v) is 5.12. The molecule has 0 aromatic rings. The van der Waals surface area contributed by atoms with Crippen LogP contribution in [0.25, 0.3) is 0 Å². The van der Waals surface area contributed by atoms with Crippen LogP contribution in [0.3, 0.4) is 0 Å². The van der Waals surface area contributed by atoms with Gasteiger partial charge in [-0.05, 0) is 34.1 Å². The Hall–Kier alpha value is -0.990. The minimum atomic E-state index is -0.434. The molecular weight excluding hydrogens is 190 g/mol. The van der Waals surface area contributed by atoms with Gasteiger partial charge in [0.05, 0.1) is 0 Å². The Bertz CT molecular complexity index is 265. The lowest BCUT2D eigenvalue weighted by molar-refractivity contribution is -0.0185. The molecule has 0 aromatic heterocycles. The fourth-order valence-corrected chi connectivity index (χ4v) is 1.60. The summed E-state index contributed by atoms with van der Waals surface area (Å²) in [4.78, 5) is 13.2. The molecule has 0 spiro atoms. The third-order valence-electron chi connectivity index (χ3n) is 2.26. The first-order valence-electron chi connectivity index (χ1n) is 5.12. The van der Waals surface area contributed by atoms with E-state index in [1.54, 1.807) is 11.0 Å². The fraction of sp³-hybridized carbons (Fsp3) is 0.667. The molecule has 1 saturated heterocycles. The maximum absolute atomic E-state index is 11.6. The molecule has 1 heterocycles. The van der Waals surface area contributed by atoms with Gasteiger partial charge in [0.25, 0.3) is 0 Å². The van der Waals surface area contributed by atoms with Gasteiger partial charge in [0, 0.05) is 19.9 Å². The lowest BCUT2D eigenvalue weighted by Crippen LogP contribution is -2.57. The molecule has 15 heavy (non-hydrogen) atoms. The van der Waals surface area contributed by atoms with Gasteiger partial charge in [-0.1, -0.05) is 12.7 Å². The van der Waals surface area contributed by atoms with Crippen molar-refractivity contribution < 1.29 is 11.0 Å². The summed E-state index contributed by atoms with van der Waals surface area (Å²) in [6, 6.07) is 0. The van der Waals surface area contributed by atoms with Gasteiger partial charge in [-0.2, -0.15) is 0 Å². The van der Waals surface area contributed by atoms with Crippen molar-refractivity contribution in [3.05, 3.63) is 19.6 Å². The molecular formula is C12H20NO2. The van der Waals surface area contributed by atoms with Gasteiger partial charge in [-0.25, -0.2) is 4.79 Å². The molecule has 1 aliphatic heterocycles. The topological polar surface area (TPSA) is 29.5 Å². The predicted octanol–water partition coefficient (Wildman–Crippen LogP) is 2.55. The molecule has 1 aliphatic rings. The molecule has 1 amide bonds. The number of ether oxygens (including phenoxy) is 1. The Morgan fingerprint density at radius 3 is 2.60 bits per heavy atom. The standard InChI is InChI=1S/C12H19NO2.H/c1-6-7-12(5)8-13(9-12)10(14)15-11(2,3)4;/h1,6H,5,7-9H2,2-4H3;. The summed E-state index contributed by atoms with van der Waals surface area (Å²) in [6.45, 7) is 16.2. The van der Waals surface area contributed by atoms with E-state index in [9.17, 15) is 4.79 Å². The van der Waals surface area contributed by atoms with Gasteiger partial charge in [0.1, 0.15) is 5.60 Å². The van der Waals surface area contributed by atoms with Crippen molar-refractivity contribution >= 4 is 6.09 Å². The fourth-order valence-electron chi connectivity index (χ4n) is 1.60. The molecule has 0 aliphatic carbocycles. The summed E-state index contributed by atoms with van der Waals surface area (Å²) in [5.74, 6) is 0. The van der Waals surface area contributed by atoms with Crippen molar-refractivity contribution in [2.45, 2.75) is 32.8 Å². The van der Waals surface area contributed by atoms with E-state index in [-0.39, 0.29) is 12.9 Å². The van der Waals surface area contributed by atoms with Crippen molar-refractivity contribution in [1.29, 1.82) is 0 Å². The predicted molar refractivity (Wildman–Crippen MR) is 60.2 cm³/mol. The third-order valence-corrected chi connectivity index (χ3v) is 2.26. The molecule has 1 rings (SSSR count). The summed E-state index contributed by atoms with van der Waals surface area (Å²) >= 11 is 0. The summed E-state index contributed by atoms with van der Waals surface area (Å²) in [5, 5.41) is 0. The second kappa shape index (κ2) is 3.87. The van der Waals surface area contributed by atoms with Gasteiger partial charge < -0.3 is 9.64 Å². The van der Waals surface area contributed by atoms with Crippen LogP contribution in [0, 0.1) is 18.9 Å². The second-order valence-corrected chi connectivity index (χ2v) is 5.28. The lowest BCUT2D eigenvalue weighted by Gasteiger charge is -2.47. The highest BCUT2D eigenvalue weighted by molar-refractivity contribution is 5.69. The normalized spacial score (nSPS) is 19.3. The number of carbonyl (C=O) groups is 1. The van der Waals surface area contributed by atoms with Crippen LogP contribution in [0.1, 0.15) is 28.6 Å². The highest BCUT2D eigenvalue weighted by Gasteiger charge is 2.41. The first-order chi connectivity index (χ1) is 6.76. The van der Waals surface area contributed by atoms with Gasteiger partial charge in [-0.15, -0.1) is 0 Å². The zero-order valence-corrected chi connectivity index (χ0v) is 9.75. The maximum atomic E-state index is 11.6. The summed E-state index contributed by atoms with van der Waals surface area (Å²) < 4.78 is 5.23. The van der Waals surface area contributed by atoms with Crippen molar-refractivity contribution in [2.75, 3.05) is 13.1 Å². The monoisotopic (exact) mass is 210 g/mol. The number of rotatable bonds is 2. The Morgan fingerprint density at radius 1 is 1.67 bits per heavy atom. The van der Waals surface area contributed by atoms with Gasteiger partial charge in [0.15, 0.2) is 0 Å². The minimum Gasteiger partial charge on any atom is -0.444 e. The van der Waals surface area contributed by atoms with E-state index in [0.717, 1.165) is 6.42 Å². The zero-order valence-electron chi connectivity index (χ0n) is 10.7. The Balaban J connectivity index is 0.00000225. The molecule has 0 saturated carbocycles. The number of hydrogen-bond donors (Lipinski definition) is 0. The van der Waals surface area contributed by atoms with E-state index in [1.807, 2.05) is 20.8 Å². The molecule has 1 fully saturated rings. The quantitative estimate of drug-likeness (QED) is 0.701. The van der Waals surface area contributed by atoms with E-state index in [2.05, 4.69) is 6.92 Å². The Kier molecular flexibility index (Phi) is 3.12. The molecule has 0 aromatic carbocycles. The van der Waals surface area contributed by atoms with Crippen LogP contribution in [0.5, 0.6) is 0 Å². The number of amides is 1. The molecule has 3 heteroatoms. The van der Waals surface area contributed by atoms with Crippen LogP contribution in [-0.4, -0.2) is 29.7 Å². The van der Waals surface area contributed by atoms with Gasteiger partial charge >= 0.3 is 6.09 Å². The zero-order chi connectivity index (χ0) is 11.7. The largest absolute Gasteiger partial charge is 0.444 e. The molecule has 3 radical (unpaired) electrons. The highest BCUT2D eigenvalue weighted by Crippen LogP contribution is 2.33. The van der Waals surface area contributed by atoms with Crippen LogP contribution >= 0.6 is 0 Å². The average molecular weight is 210 g/mol. The van der Waals surface area contributed by atoms with Crippen LogP contribution in [0.2, 0.25) is 0 Å². The molecule has 85 valence electrons. The van der Waals surface area contributed by atoms with Gasteiger partial charge in [-0.3, -0.25) is 0 Å². The van der Waals surface area contributed by atoms with Gasteiger partial charge in [0.2, 0.25) is 0 Å². The van der Waals surface area contributed by atoms with Crippen LogP contribution < -0.4 is 0 Å². The van der Waals surface area contributed by atoms with Crippen molar-refractivity contribution in [3.63, 3.8) is 0 Å². The van der Waals surface area contributed by atoms with E-state index in [1.165, 1.54) is 0 Å². The smallest absolute Gasteiger partial charge is 0.410 e. The second-order valence-electron chi connectivity index (χ2n) is 5.28. The van der Waals surface area contributed by atoms with Crippen LogP contribution in [0.4, 0.5) is 4.79 Å². The molecule has 0 atom stereocenters. The third kappa shape index (κ3) is 3.26. The van der Waals surface area contributed by atoms with E-state index < -0.39 is 5.60 Å². The van der Waals surface area contributed by atoms with Crippen molar-refractivity contribution in [3.8, 4) is 0 Å². The average Bonchev–Trinajstić information content (AvgIpc) is 1.96. The summed E-state index contributed by atoms with van der Waals surface area (Å²) in [5.41, 5.74) is -0.540. The number of likely N-dealkylation sites (tertiary alicyclic amines) is 1. The van der Waals surface area contributed by atoms with E-state index in [4.69, 9.17) is 11.3 Å². The van der Waals surface area contributed by atoms with Crippen LogP contribution in [-0.2, 0) is 4.74 Å². The number of carbonyl (C=O) groups excluding carboxylic acids is 1. The van der Waals surface area contributed by atoms with Crippen LogP contribution in [0.15, 0.2) is 6.08 Å². The number of nitrogens with zero attached hydrogens (tertiary/aromatic N) is 1. The summed E-state index contributed by atoms with van der Waals surface area (Å²) in [7, 11) is 0. The Morgan fingerprint density at radius 2 is 2.20 bits per heavy atom. The minimum absolute atomic E-state index is 0. The molecule has 0 unspecified atom stereocenters. The number of hydrogen-bond acceptors (Lipinski definition) is 2. The van der Waals surface area contributed by atoms with Crippen molar-refractivity contribution in [1.82, 2.24) is 4.90 Å². The Labute approximate surface area is 93.6 Å². The summed E-state index contributed by atoms with van der Waals surface area (Å²) in [6.07, 6.45) is 2.06. The lowest BCUT2D eigenvalue weighted by atomic mass is 9.79. The highest BCUT2D eigenvalue weighted by atomic mass is 16.6. The van der Waals surface area contributed by atoms with E-state index in [0.29, 0.717) is 13.1 Å². The molecule has 0 N–H and O–H groups in total. The van der Waals surface area contributed by atoms with Crippen molar-refractivity contribution in [2.24, 2.45) is 5.41 Å². The SMILES string of the molecule is [CH]=CCC1([CH2])CN(C(=O)OC(C)(C)C)C1.[H].